The molecule has 164 valence electrons. The van der Waals surface area contributed by atoms with Crippen molar-refractivity contribution in [2.24, 2.45) is 0 Å². The van der Waals surface area contributed by atoms with Gasteiger partial charge in [-0.2, -0.15) is 9.78 Å². The number of hydrogen-bond acceptors (Lipinski definition) is 6. The number of anilines is 2. The Morgan fingerprint density at radius 2 is 1.70 bits per heavy atom. The van der Waals surface area contributed by atoms with Crippen LogP contribution in [0.3, 0.4) is 0 Å². The van der Waals surface area contributed by atoms with Crippen LogP contribution in [-0.2, 0) is 0 Å². The number of para-hydroxylation sites is 1. The van der Waals surface area contributed by atoms with E-state index in [4.69, 9.17) is 9.72 Å². The minimum Gasteiger partial charge on any atom is -0.494 e. The Morgan fingerprint density at radius 3 is 2.42 bits per heavy atom. The standard InChI is InChI=1S/C26H24N6O/c1-16-8-10-19(11-9-16)21-12-13-23(30-29-21)27-25-15-18(3)31-32(25)24-14-17(2)20-6-5-7-22(33-4)26(20)28-24/h5-15H,1-4H3,(H,27,30). The number of pyridine rings is 1. The van der Waals surface area contributed by atoms with Crippen molar-refractivity contribution in [3.05, 3.63) is 83.6 Å². The normalized spacial score (nSPS) is 11.0. The van der Waals surface area contributed by atoms with Gasteiger partial charge in [0.05, 0.1) is 18.5 Å². The second kappa shape index (κ2) is 8.35. The summed E-state index contributed by atoms with van der Waals surface area (Å²) < 4.78 is 7.31. The average Bonchev–Trinajstić information content (AvgIpc) is 3.19. The van der Waals surface area contributed by atoms with E-state index in [1.54, 1.807) is 11.8 Å². The Bertz CT molecular complexity index is 1440. The SMILES string of the molecule is COc1cccc2c(C)cc(-n3nc(C)cc3Nc3ccc(-c4ccc(C)cc4)nn3)nc12. The predicted octanol–water partition coefficient (Wildman–Crippen LogP) is 5.55. The van der Waals surface area contributed by atoms with Gasteiger partial charge in [0, 0.05) is 17.0 Å². The number of ether oxygens (including phenoxy) is 1. The zero-order valence-electron chi connectivity index (χ0n) is 19.0. The van der Waals surface area contributed by atoms with Crippen LogP contribution in [0.2, 0.25) is 0 Å². The van der Waals surface area contributed by atoms with Crippen molar-refractivity contribution in [1.82, 2.24) is 25.0 Å². The van der Waals surface area contributed by atoms with Crippen LogP contribution in [-0.4, -0.2) is 32.1 Å². The molecule has 3 heterocycles. The lowest BCUT2D eigenvalue weighted by molar-refractivity contribution is 0.419. The topological polar surface area (TPSA) is 77.8 Å². The Hall–Kier alpha value is -4.26. The molecule has 7 nitrogen and oxygen atoms in total. The van der Waals surface area contributed by atoms with Crippen molar-refractivity contribution in [1.29, 1.82) is 0 Å². The van der Waals surface area contributed by atoms with Gasteiger partial charge in [0.2, 0.25) is 0 Å². The molecule has 1 N–H and O–H groups in total. The number of methoxy groups -OCH3 is 1. The molecule has 0 saturated carbocycles. The van der Waals surface area contributed by atoms with Gasteiger partial charge in [0.25, 0.3) is 0 Å². The molecule has 0 fully saturated rings. The first-order valence-corrected chi connectivity index (χ1v) is 10.7. The molecule has 0 aliphatic rings. The van der Waals surface area contributed by atoms with Crippen LogP contribution in [0.1, 0.15) is 16.8 Å². The first-order chi connectivity index (χ1) is 16.0. The second-order valence-corrected chi connectivity index (χ2v) is 8.03. The van der Waals surface area contributed by atoms with E-state index in [0.717, 1.165) is 45.0 Å². The molecule has 0 amide bonds. The third-order valence-electron chi connectivity index (χ3n) is 5.53. The molecule has 0 aliphatic heterocycles. The fourth-order valence-corrected chi connectivity index (χ4v) is 3.82. The largest absolute Gasteiger partial charge is 0.494 e. The molecule has 33 heavy (non-hydrogen) atoms. The van der Waals surface area contributed by atoms with Crippen molar-refractivity contribution in [2.45, 2.75) is 20.8 Å². The van der Waals surface area contributed by atoms with Gasteiger partial charge in [-0.15, -0.1) is 10.2 Å². The average molecular weight is 437 g/mol. The zero-order chi connectivity index (χ0) is 22.9. The van der Waals surface area contributed by atoms with Gasteiger partial charge < -0.3 is 10.1 Å². The smallest absolute Gasteiger partial charge is 0.156 e. The number of nitrogens with one attached hydrogen (secondary N) is 1. The Kier molecular flexibility index (Phi) is 5.22. The lowest BCUT2D eigenvalue weighted by atomic mass is 10.1. The Morgan fingerprint density at radius 1 is 0.879 bits per heavy atom. The van der Waals surface area contributed by atoms with Crippen LogP contribution >= 0.6 is 0 Å². The molecule has 0 saturated heterocycles. The van der Waals surface area contributed by atoms with Gasteiger partial charge in [0.15, 0.2) is 11.6 Å². The molecule has 5 aromatic rings. The van der Waals surface area contributed by atoms with Crippen molar-refractivity contribution >= 4 is 22.5 Å². The summed E-state index contributed by atoms with van der Waals surface area (Å²) in [6.45, 7) is 6.07. The highest BCUT2D eigenvalue weighted by atomic mass is 16.5. The van der Waals surface area contributed by atoms with Gasteiger partial charge in [-0.05, 0) is 50.6 Å². The van der Waals surface area contributed by atoms with Gasteiger partial charge in [-0.25, -0.2) is 4.98 Å². The molecular weight excluding hydrogens is 412 g/mol. The number of aryl methyl sites for hydroxylation is 3. The van der Waals surface area contributed by atoms with E-state index in [2.05, 4.69) is 46.6 Å². The summed E-state index contributed by atoms with van der Waals surface area (Å²) in [5.74, 6) is 2.81. The summed E-state index contributed by atoms with van der Waals surface area (Å²) in [4.78, 5) is 4.85. The monoisotopic (exact) mass is 436 g/mol. The van der Waals surface area contributed by atoms with E-state index in [1.807, 2.05) is 61.5 Å². The number of fused-ring (bicyclic) bond motifs is 1. The second-order valence-electron chi connectivity index (χ2n) is 8.03. The summed E-state index contributed by atoms with van der Waals surface area (Å²) >= 11 is 0. The third-order valence-corrected chi connectivity index (χ3v) is 5.53. The molecule has 0 unspecified atom stereocenters. The van der Waals surface area contributed by atoms with Gasteiger partial charge in [-0.1, -0.05) is 42.0 Å². The summed E-state index contributed by atoms with van der Waals surface area (Å²) in [5.41, 5.74) is 5.83. The first-order valence-electron chi connectivity index (χ1n) is 10.7. The van der Waals surface area contributed by atoms with E-state index in [1.165, 1.54) is 5.56 Å². The van der Waals surface area contributed by atoms with Crippen LogP contribution in [0.25, 0.3) is 28.0 Å². The molecule has 0 bridgehead atoms. The summed E-state index contributed by atoms with van der Waals surface area (Å²) in [6.07, 6.45) is 0. The van der Waals surface area contributed by atoms with E-state index < -0.39 is 0 Å². The Labute approximate surface area is 192 Å². The summed E-state index contributed by atoms with van der Waals surface area (Å²) in [6, 6.07) is 22.0. The maximum atomic E-state index is 5.53. The molecule has 0 spiro atoms. The molecule has 0 radical (unpaired) electrons. The highest BCUT2D eigenvalue weighted by molar-refractivity contribution is 5.88. The van der Waals surface area contributed by atoms with Crippen molar-refractivity contribution < 1.29 is 4.74 Å². The maximum Gasteiger partial charge on any atom is 0.156 e. The minimum atomic E-state index is 0.627. The highest BCUT2D eigenvalue weighted by Crippen LogP contribution is 2.29. The van der Waals surface area contributed by atoms with Gasteiger partial charge in [-0.3, -0.25) is 0 Å². The fraction of sp³-hybridized carbons (Fsp3) is 0.154. The minimum absolute atomic E-state index is 0.627. The molecule has 5 rings (SSSR count). The number of hydrogen-bond donors (Lipinski definition) is 1. The van der Waals surface area contributed by atoms with E-state index in [0.29, 0.717) is 11.6 Å². The predicted molar refractivity (Wildman–Crippen MR) is 130 cm³/mol. The van der Waals surface area contributed by atoms with E-state index in [9.17, 15) is 0 Å². The number of benzene rings is 2. The highest BCUT2D eigenvalue weighted by Gasteiger charge is 2.14. The van der Waals surface area contributed by atoms with Crippen molar-refractivity contribution in [3.63, 3.8) is 0 Å². The van der Waals surface area contributed by atoms with Crippen molar-refractivity contribution in [3.8, 4) is 22.8 Å². The lowest BCUT2D eigenvalue weighted by Gasteiger charge is -2.12. The van der Waals surface area contributed by atoms with E-state index >= 15 is 0 Å². The van der Waals surface area contributed by atoms with Crippen LogP contribution in [0, 0.1) is 20.8 Å². The molecule has 2 aromatic carbocycles. The third kappa shape index (κ3) is 4.01. The van der Waals surface area contributed by atoms with Crippen molar-refractivity contribution in [2.75, 3.05) is 12.4 Å². The number of rotatable bonds is 5. The van der Waals surface area contributed by atoms with Crippen LogP contribution in [0.5, 0.6) is 5.75 Å². The first kappa shape index (κ1) is 20.6. The van der Waals surface area contributed by atoms with Crippen LogP contribution in [0.15, 0.2) is 66.7 Å². The van der Waals surface area contributed by atoms with Crippen LogP contribution in [0.4, 0.5) is 11.6 Å². The fourth-order valence-electron chi connectivity index (χ4n) is 3.82. The molecule has 7 heteroatoms. The molecule has 0 aliphatic carbocycles. The molecule has 0 atom stereocenters. The summed E-state index contributed by atoms with van der Waals surface area (Å²) in [7, 11) is 1.66. The van der Waals surface area contributed by atoms with Gasteiger partial charge >= 0.3 is 0 Å². The molecule has 3 aromatic heterocycles. The van der Waals surface area contributed by atoms with Gasteiger partial charge in [0.1, 0.15) is 17.1 Å². The lowest BCUT2D eigenvalue weighted by Crippen LogP contribution is -2.07. The Balaban J connectivity index is 1.49. The maximum absolute atomic E-state index is 5.53. The number of nitrogens with zero attached hydrogens (tertiary/aromatic N) is 5. The summed E-state index contributed by atoms with van der Waals surface area (Å²) in [5, 5.41) is 17.8. The quantitative estimate of drug-likeness (QED) is 0.389. The van der Waals surface area contributed by atoms with E-state index in [-0.39, 0.29) is 0 Å². The molecular formula is C26H24N6O. The zero-order valence-corrected chi connectivity index (χ0v) is 19.0. The number of aromatic nitrogens is 5. The van der Waals surface area contributed by atoms with Crippen LogP contribution < -0.4 is 10.1 Å².